The summed E-state index contributed by atoms with van der Waals surface area (Å²) in [4.78, 5) is -0.285. The number of halogens is 17. The molecular weight excluding hydrogens is 571 g/mol. The molecule has 20 heteroatoms. The standard InChI is InChI=1S/C14H5F17OS2/c15-7(16,4-32-6(33)5-2-1-3-34-5)8(17,18)9(19,20)10(21,22)11(23,24)12(25,26)13(27,28)14(29,30)31/h1-3H,4H2. The molecule has 0 amide bonds. The molecule has 0 aliphatic rings. The first-order valence-electron chi connectivity index (χ1n) is 7.66. The lowest BCUT2D eigenvalue weighted by atomic mass is 9.89. The van der Waals surface area contributed by atoms with E-state index < -0.39 is 59.3 Å². The monoisotopic (exact) mass is 576 g/mol. The molecule has 0 saturated heterocycles. The third-order valence-corrected chi connectivity index (χ3v) is 5.23. The summed E-state index contributed by atoms with van der Waals surface area (Å²) < 4.78 is 227. The molecule has 0 bridgehead atoms. The molecule has 0 fully saturated rings. The zero-order valence-electron chi connectivity index (χ0n) is 15.1. The molecule has 0 atom stereocenters. The number of alkyl halides is 17. The number of hydrogen-bond donors (Lipinski definition) is 0. The van der Waals surface area contributed by atoms with Crippen molar-refractivity contribution < 1.29 is 79.4 Å². The van der Waals surface area contributed by atoms with Gasteiger partial charge in [0.05, 0.1) is 4.88 Å². The van der Waals surface area contributed by atoms with Gasteiger partial charge in [0.2, 0.25) is 5.05 Å². The van der Waals surface area contributed by atoms with Crippen molar-refractivity contribution in [2.24, 2.45) is 0 Å². The highest BCUT2D eigenvalue weighted by atomic mass is 32.1. The predicted octanol–water partition coefficient (Wildman–Crippen LogP) is 7.45. The highest BCUT2D eigenvalue weighted by Crippen LogP contribution is 2.63. The fourth-order valence-corrected chi connectivity index (χ4v) is 2.80. The highest BCUT2D eigenvalue weighted by molar-refractivity contribution is 7.80. The molecule has 34 heavy (non-hydrogen) atoms. The molecule has 0 unspecified atom stereocenters. The van der Waals surface area contributed by atoms with Crippen molar-refractivity contribution in [3.63, 3.8) is 0 Å². The highest BCUT2D eigenvalue weighted by Gasteiger charge is 2.95. The molecule has 0 aliphatic heterocycles. The quantitative estimate of drug-likeness (QED) is 0.223. The van der Waals surface area contributed by atoms with E-state index in [1.165, 1.54) is 11.4 Å². The Morgan fingerprint density at radius 3 is 1.38 bits per heavy atom. The molecule has 0 aliphatic carbocycles. The third kappa shape index (κ3) is 4.27. The van der Waals surface area contributed by atoms with Crippen molar-refractivity contribution in [3.8, 4) is 0 Å². The number of ether oxygens (including phenoxy) is 1. The second-order valence-electron chi connectivity index (χ2n) is 6.20. The van der Waals surface area contributed by atoms with Gasteiger partial charge in [-0.1, -0.05) is 6.07 Å². The van der Waals surface area contributed by atoms with Crippen LogP contribution in [0, 0.1) is 0 Å². The Morgan fingerprint density at radius 1 is 0.647 bits per heavy atom. The summed E-state index contributed by atoms with van der Waals surface area (Å²) in [6.45, 7) is -3.05. The van der Waals surface area contributed by atoms with Gasteiger partial charge in [0, 0.05) is 0 Å². The summed E-state index contributed by atoms with van der Waals surface area (Å²) in [7, 11) is 0. The predicted molar refractivity (Wildman–Crippen MR) is 82.7 cm³/mol. The first-order valence-corrected chi connectivity index (χ1v) is 8.95. The minimum Gasteiger partial charge on any atom is -0.476 e. The molecule has 1 nitrogen and oxygen atoms in total. The summed E-state index contributed by atoms with van der Waals surface area (Å²) in [5, 5.41) is 0.0769. The third-order valence-electron chi connectivity index (χ3n) is 3.89. The largest absolute Gasteiger partial charge is 0.476 e. The van der Waals surface area contributed by atoms with Crippen LogP contribution in [0.4, 0.5) is 74.6 Å². The van der Waals surface area contributed by atoms with E-state index in [1.807, 2.05) is 0 Å². The van der Waals surface area contributed by atoms with Gasteiger partial charge in [0.15, 0.2) is 6.61 Å². The van der Waals surface area contributed by atoms with E-state index in [0.29, 0.717) is 11.3 Å². The van der Waals surface area contributed by atoms with Crippen LogP contribution in [0.5, 0.6) is 0 Å². The van der Waals surface area contributed by atoms with Crippen molar-refractivity contribution >= 4 is 28.6 Å². The van der Waals surface area contributed by atoms with Gasteiger partial charge in [-0.2, -0.15) is 74.6 Å². The molecule has 1 heterocycles. The van der Waals surface area contributed by atoms with E-state index >= 15 is 0 Å². The maximum absolute atomic E-state index is 13.6. The van der Waals surface area contributed by atoms with E-state index in [4.69, 9.17) is 0 Å². The van der Waals surface area contributed by atoms with Crippen LogP contribution < -0.4 is 0 Å². The molecule has 1 rings (SSSR count). The zero-order chi connectivity index (χ0) is 27.4. The van der Waals surface area contributed by atoms with Crippen LogP contribution in [0.1, 0.15) is 4.88 Å². The van der Waals surface area contributed by atoms with E-state index in [0.717, 1.165) is 6.07 Å². The van der Waals surface area contributed by atoms with Crippen LogP contribution in [0.25, 0.3) is 0 Å². The Bertz CT molecular complexity index is 871. The zero-order valence-corrected chi connectivity index (χ0v) is 16.7. The van der Waals surface area contributed by atoms with Crippen molar-refractivity contribution in [1.29, 1.82) is 0 Å². The van der Waals surface area contributed by atoms with Gasteiger partial charge in [-0.05, 0) is 23.7 Å². The van der Waals surface area contributed by atoms with Crippen molar-refractivity contribution in [3.05, 3.63) is 22.4 Å². The smallest absolute Gasteiger partial charge is 0.460 e. The minimum absolute atomic E-state index is 0.285. The molecule has 0 saturated carbocycles. The minimum atomic E-state index is -8.66. The van der Waals surface area contributed by atoms with Gasteiger partial charge in [-0.25, -0.2) is 0 Å². The fourth-order valence-electron chi connectivity index (χ4n) is 1.91. The fraction of sp³-hybridized carbons (Fsp3) is 0.643. The summed E-state index contributed by atoms with van der Waals surface area (Å²) in [5.41, 5.74) is 0. The first-order chi connectivity index (χ1) is 14.7. The normalized spacial score (nSPS) is 15.4. The molecule has 1 aromatic rings. The molecule has 0 aromatic carbocycles. The maximum Gasteiger partial charge on any atom is 0.460 e. The van der Waals surface area contributed by atoms with Crippen LogP contribution in [0.15, 0.2) is 17.5 Å². The van der Waals surface area contributed by atoms with Gasteiger partial charge in [0.1, 0.15) is 0 Å². The average Bonchev–Trinajstić information content (AvgIpc) is 3.19. The van der Waals surface area contributed by atoms with Crippen LogP contribution in [-0.2, 0) is 4.74 Å². The van der Waals surface area contributed by atoms with Crippen molar-refractivity contribution in [2.75, 3.05) is 6.61 Å². The van der Waals surface area contributed by atoms with Crippen molar-refractivity contribution in [2.45, 2.75) is 47.6 Å². The van der Waals surface area contributed by atoms with E-state index in [1.54, 1.807) is 0 Å². The van der Waals surface area contributed by atoms with Gasteiger partial charge < -0.3 is 4.74 Å². The number of rotatable bonds is 9. The number of thiophene rings is 1. The van der Waals surface area contributed by atoms with Crippen LogP contribution in [0.3, 0.4) is 0 Å². The molecular formula is C14H5F17OS2. The van der Waals surface area contributed by atoms with Gasteiger partial charge in [-0.3, -0.25) is 0 Å². The average molecular weight is 576 g/mol. The summed E-state index contributed by atoms with van der Waals surface area (Å²) in [6, 6.07) is 2.17. The van der Waals surface area contributed by atoms with E-state index in [9.17, 15) is 74.6 Å². The number of thiocarbonyl (C=S) groups is 1. The van der Waals surface area contributed by atoms with Gasteiger partial charge in [-0.15, -0.1) is 11.3 Å². The van der Waals surface area contributed by atoms with E-state index in [-0.39, 0.29) is 4.88 Å². The molecule has 1 aromatic heterocycles. The lowest BCUT2D eigenvalue weighted by Gasteiger charge is -2.42. The van der Waals surface area contributed by atoms with Gasteiger partial charge in [0.25, 0.3) is 0 Å². The Hall–Kier alpha value is -1.60. The number of hydrogen-bond acceptors (Lipinski definition) is 3. The van der Waals surface area contributed by atoms with Crippen LogP contribution >= 0.6 is 23.6 Å². The lowest BCUT2D eigenvalue weighted by molar-refractivity contribution is -0.462. The Balaban J connectivity index is 3.43. The maximum atomic E-state index is 13.6. The van der Waals surface area contributed by atoms with Gasteiger partial charge >= 0.3 is 47.6 Å². The Kier molecular flexibility index (Phi) is 7.62. The molecule has 0 radical (unpaired) electrons. The summed E-state index contributed by atoms with van der Waals surface area (Å²) >= 11 is 4.88. The topological polar surface area (TPSA) is 9.23 Å². The second kappa shape index (κ2) is 8.51. The van der Waals surface area contributed by atoms with Crippen LogP contribution in [0.2, 0.25) is 0 Å². The Morgan fingerprint density at radius 2 is 1.03 bits per heavy atom. The first kappa shape index (κ1) is 30.4. The second-order valence-corrected chi connectivity index (χ2v) is 7.52. The van der Waals surface area contributed by atoms with Crippen LogP contribution in [-0.4, -0.2) is 59.3 Å². The SMILES string of the molecule is FC(F)(F)C(F)(F)C(F)(F)C(F)(F)C(F)(F)C(F)(F)C(F)(F)C(F)(F)COC(=S)c1cccs1. The van der Waals surface area contributed by atoms with E-state index in [2.05, 4.69) is 17.0 Å². The molecule has 0 N–H and O–H groups in total. The van der Waals surface area contributed by atoms with Crippen molar-refractivity contribution in [1.82, 2.24) is 0 Å². The molecule has 0 spiro atoms. The molecule has 198 valence electrons. The summed E-state index contributed by atoms with van der Waals surface area (Å²) in [5.74, 6) is -56.8. The lowest BCUT2D eigenvalue weighted by Crippen LogP contribution is -2.74. The summed E-state index contributed by atoms with van der Waals surface area (Å²) in [6.07, 6.45) is -7.79. The Labute approximate surface area is 185 Å².